The van der Waals surface area contributed by atoms with Crippen molar-refractivity contribution in [3.05, 3.63) is 78.2 Å². The molecular formula is C22H22N4OS. The second kappa shape index (κ2) is 8.89. The van der Waals surface area contributed by atoms with E-state index in [2.05, 4.69) is 26.3 Å². The summed E-state index contributed by atoms with van der Waals surface area (Å²) in [5.74, 6) is 1.53. The number of hydrogen-bond acceptors (Lipinski definition) is 5. The molecule has 6 heteroatoms. The van der Waals surface area contributed by atoms with Crippen molar-refractivity contribution in [2.45, 2.75) is 23.5 Å². The van der Waals surface area contributed by atoms with Crippen LogP contribution < -0.4 is 10.2 Å². The van der Waals surface area contributed by atoms with Crippen LogP contribution in [0.2, 0.25) is 0 Å². The van der Waals surface area contributed by atoms with Crippen molar-refractivity contribution in [1.82, 2.24) is 9.97 Å². The van der Waals surface area contributed by atoms with Crippen LogP contribution in [-0.2, 0) is 5.75 Å². The molecule has 3 aromatic rings. The van der Waals surface area contributed by atoms with E-state index >= 15 is 0 Å². The molecule has 0 spiro atoms. The molecule has 1 N–H and O–H groups in total. The third kappa shape index (κ3) is 4.51. The predicted octanol–water partition coefficient (Wildman–Crippen LogP) is 4.62. The van der Waals surface area contributed by atoms with Crippen molar-refractivity contribution in [3.8, 4) is 0 Å². The van der Waals surface area contributed by atoms with Crippen molar-refractivity contribution in [3.63, 3.8) is 0 Å². The second-order valence-corrected chi connectivity index (χ2v) is 7.75. The molecule has 1 aliphatic rings. The average molecular weight is 391 g/mol. The molecule has 0 aliphatic carbocycles. The molecule has 28 heavy (non-hydrogen) atoms. The third-order valence-corrected chi connectivity index (χ3v) is 5.76. The molecule has 0 atom stereocenters. The van der Waals surface area contributed by atoms with Crippen molar-refractivity contribution < 1.29 is 4.79 Å². The minimum Gasteiger partial charge on any atom is -0.356 e. The van der Waals surface area contributed by atoms with Crippen LogP contribution in [0.1, 0.15) is 28.8 Å². The zero-order valence-corrected chi connectivity index (χ0v) is 16.4. The van der Waals surface area contributed by atoms with Gasteiger partial charge in [0.2, 0.25) is 0 Å². The predicted molar refractivity (Wildman–Crippen MR) is 114 cm³/mol. The molecule has 0 unspecified atom stereocenters. The first kappa shape index (κ1) is 18.5. The molecule has 1 saturated heterocycles. The normalized spacial score (nSPS) is 13.5. The number of carbonyl (C=O) groups excluding carboxylic acids is 1. The Bertz CT molecular complexity index is 925. The highest BCUT2D eigenvalue weighted by molar-refractivity contribution is 7.98. The lowest BCUT2D eigenvalue weighted by Gasteiger charge is -2.19. The zero-order valence-electron chi connectivity index (χ0n) is 15.5. The van der Waals surface area contributed by atoms with Gasteiger partial charge in [0.1, 0.15) is 5.82 Å². The molecule has 0 radical (unpaired) electrons. The van der Waals surface area contributed by atoms with Crippen LogP contribution in [0.25, 0.3) is 0 Å². The van der Waals surface area contributed by atoms with E-state index in [0.29, 0.717) is 5.56 Å². The summed E-state index contributed by atoms with van der Waals surface area (Å²) >= 11 is 1.75. The van der Waals surface area contributed by atoms with E-state index in [1.807, 2.05) is 48.7 Å². The van der Waals surface area contributed by atoms with Crippen LogP contribution in [0.3, 0.4) is 0 Å². The Balaban J connectivity index is 1.40. The molecule has 142 valence electrons. The highest BCUT2D eigenvalue weighted by Crippen LogP contribution is 2.25. The molecule has 0 saturated carbocycles. The van der Waals surface area contributed by atoms with Crippen molar-refractivity contribution in [1.29, 1.82) is 0 Å². The van der Waals surface area contributed by atoms with Gasteiger partial charge in [0, 0.05) is 48.0 Å². The van der Waals surface area contributed by atoms with Crippen LogP contribution in [0, 0.1) is 0 Å². The fourth-order valence-corrected chi connectivity index (χ4v) is 4.07. The van der Waals surface area contributed by atoms with E-state index in [0.717, 1.165) is 48.1 Å². The highest BCUT2D eigenvalue weighted by Gasteiger charge is 2.20. The maximum atomic E-state index is 12.8. The van der Waals surface area contributed by atoms with Gasteiger partial charge >= 0.3 is 0 Å². The third-order valence-electron chi connectivity index (χ3n) is 4.68. The lowest BCUT2D eigenvalue weighted by Crippen LogP contribution is -2.24. The van der Waals surface area contributed by atoms with Crippen LogP contribution in [0.5, 0.6) is 0 Å². The molecule has 0 bridgehead atoms. The Hall–Kier alpha value is -2.86. The summed E-state index contributed by atoms with van der Waals surface area (Å²) in [6, 6.07) is 15.6. The summed E-state index contributed by atoms with van der Waals surface area (Å²) in [5.41, 5.74) is 2.60. The monoisotopic (exact) mass is 390 g/mol. The average Bonchev–Trinajstić information content (AvgIpc) is 3.29. The summed E-state index contributed by atoms with van der Waals surface area (Å²) < 4.78 is 0. The first-order chi connectivity index (χ1) is 13.8. The molecular weight excluding hydrogens is 368 g/mol. The lowest BCUT2D eigenvalue weighted by atomic mass is 10.2. The summed E-state index contributed by atoms with van der Waals surface area (Å²) in [6.45, 7) is 1.92. The number of aromatic nitrogens is 2. The second-order valence-electron chi connectivity index (χ2n) is 6.70. The van der Waals surface area contributed by atoms with Crippen LogP contribution in [-0.4, -0.2) is 29.0 Å². The van der Waals surface area contributed by atoms with Gasteiger partial charge in [0.05, 0.1) is 5.56 Å². The Morgan fingerprint density at radius 1 is 1.04 bits per heavy atom. The van der Waals surface area contributed by atoms with Gasteiger partial charge in [0.25, 0.3) is 5.91 Å². The maximum Gasteiger partial charge on any atom is 0.259 e. The summed E-state index contributed by atoms with van der Waals surface area (Å²) in [5, 5.41) is 3.00. The van der Waals surface area contributed by atoms with E-state index in [1.54, 1.807) is 24.2 Å². The van der Waals surface area contributed by atoms with Crippen molar-refractivity contribution in [2.24, 2.45) is 0 Å². The topological polar surface area (TPSA) is 58.1 Å². The Kier molecular flexibility index (Phi) is 5.87. The summed E-state index contributed by atoms with van der Waals surface area (Å²) in [4.78, 5) is 24.7. The van der Waals surface area contributed by atoms with Crippen LogP contribution >= 0.6 is 11.8 Å². The highest BCUT2D eigenvalue weighted by atomic mass is 32.2. The van der Waals surface area contributed by atoms with Gasteiger partial charge < -0.3 is 10.2 Å². The molecule has 1 aromatic carbocycles. The number of rotatable bonds is 6. The SMILES string of the molecule is O=C(Nc1ccc(SCc2cccnc2)cc1)c1cccnc1N1CCCC1. The molecule has 2 aromatic heterocycles. The quantitative estimate of drug-likeness (QED) is 0.622. The zero-order chi connectivity index (χ0) is 19.2. The van der Waals surface area contributed by atoms with Gasteiger partial charge in [-0.1, -0.05) is 6.07 Å². The van der Waals surface area contributed by atoms with Crippen LogP contribution in [0.15, 0.2) is 72.0 Å². The summed E-state index contributed by atoms with van der Waals surface area (Å²) in [6.07, 6.45) is 7.71. The van der Waals surface area contributed by atoms with Gasteiger partial charge in [-0.15, -0.1) is 11.8 Å². The fourth-order valence-electron chi connectivity index (χ4n) is 3.24. The van der Waals surface area contributed by atoms with Gasteiger partial charge in [0.15, 0.2) is 0 Å². The molecule has 4 rings (SSSR count). The Morgan fingerprint density at radius 2 is 1.82 bits per heavy atom. The van der Waals surface area contributed by atoms with E-state index in [4.69, 9.17) is 0 Å². The lowest BCUT2D eigenvalue weighted by molar-refractivity contribution is 0.102. The number of amides is 1. The van der Waals surface area contributed by atoms with Gasteiger partial charge in [-0.3, -0.25) is 9.78 Å². The number of hydrogen-bond donors (Lipinski definition) is 1. The minimum atomic E-state index is -0.120. The van der Waals surface area contributed by atoms with Crippen molar-refractivity contribution in [2.75, 3.05) is 23.3 Å². The number of anilines is 2. The van der Waals surface area contributed by atoms with E-state index in [1.165, 1.54) is 5.56 Å². The number of carbonyl (C=O) groups is 1. The van der Waals surface area contributed by atoms with Gasteiger partial charge in [-0.05, 0) is 60.9 Å². The largest absolute Gasteiger partial charge is 0.356 e. The van der Waals surface area contributed by atoms with Gasteiger partial charge in [-0.2, -0.15) is 0 Å². The molecule has 1 amide bonds. The fraction of sp³-hybridized carbons (Fsp3) is 0.227. The van der Waals surface area contributed by atoms with Gasteiger partial charge in [-0.25, -0.2) is 4.98 Å². The summed E-state index contributed by atoms with van der Waals surface area (Å²) in [7, 11) is 0. The number of nitrogens with one attached hydrogen (secondary N) is 1. The maximum absolute atomic E-state index is 12.8. The standard InChI is InChI=1S/C22H22N4OS/c27-22(20-6-4-12-24-21(20)26-13-1-2-14-26)25-18-7-9-19(10-8-18)28-16-17-5-3-11-23-15-17/h3-12,15H,1-2,13-14,16H2,(H,25,27). The number of benzene rings is 1. The number of thioether (sulfide) groups is 1. The first-order valence-electron chi connectivity index (χ1n) is 9.43. The van der Waals surface area contributed by atoms with E-state index < -0.39 is 0 Å². The molecule has 1 fully saturated rings. The van der Waals surface area contributed by atoms with E-state index in [9.17, 15) is 4.79 Å². The molecule has 5 nitrogen and oxygen atoms in total. The minimum absolute atomic E-state index is 0.120. The number of pyridine rings is 2. The molecule has 1 aliphatic heterocycles. The Morgan fingerprint density at radius 3 is 2.57 bits per heavy atom. The van der Waals surface area contributed by atoms with Crippen LogP contribution in [0.4, 0.5) is 11.5 Å². The Labute approximate surface area is 169 Å². The first-order valence-corrected chi connectivity index (χ1v) is 10.4. The molecule has 3 heterocycles. The number of nitrogens with zero attached hydrogens (tertiary/aromatic N) is 3. The van der Waals surface area contributed by atoms with E-state index in [-0.39, 0.29) is 5.91 Å². The smallest absolute Gasteiger partial charge is 0.259 e. The van der Waals surface area contributed by atoms with Crippen molar-refractivity contribution >= 4 is 29.2 Å².